The monoisotopic (exact) mass is 864 g/mol. The van der Waals surface area contributed by atoms with Crippen molar-refractivity contribution in [2.45, 2.75) is 56.3 Å². The summed E-state index contributed by atoms with van der Waals surface area (Å²) in [6.45, 7) is 4.69. The third-order valence-electron chi connectivity index (χ3n) is 16.5. The van der Waals surface area contributed by atoms with Gasteiger partial charge < -0.3 is 9.80 Å². The molecule has 0 aliphatic heterocycles. The Bertz CT molecular complexity index is 3660. The fourth-order valence-corrected chi connectivity index (χ4v) is 13.6. The van der Waals surface area contributed by atoms with E-state index in [1.54, 1.807) is 0 Å². The van der Waals surface area contributed by atoms with Crippen LogP contribution in [0, 0.1) is 11.8 Å². The van der Waals surface area contributed by atoms with Crippen molar-refractivity contribution in [2.75, 3.05) is 9.80 Å². The highest BCUT2D eigenvalue weighted by Crippen LogP contribution is 2.64. The first-order valence-electron chi connectivity index (χ1n) is 26.2. The maximum atomic E-state index is 9.78. The summed E-state index contributed by atoms with van der Waals surface area (Å²) in [5.74, 6) is 1.06. The van der Waals surface area contributed by atoms with Gasteiger partial charge in [-0.2, -0.15) is 0 Å². The molecule has 1 spiro atoms. The fraction of sp³-hybridized carbons (Fsp3) is 0.169. The topological polar surface area (TPSA) is 6.48 Å². The number of rotatable bonds is 7. The van der Waals surface area contributed by atoms with Crippen molar-refractivity contribution < 1.29 is 5.48 Å². The SMILES string of the molecule is [2H]c1c([2H])c([2H])c(N(c2ccccc2)c2ccc3c(c2)C2(c4ccccc4-c4ccc(N(c5ccccc5)c5ccc6c(c5)C(C)(C)c5ccccc5-6)cc42)c2ccccc2-3)c(C2CC3CCC2C3)c1[2H]. The second-order valence-corrected chi connectivity index (χ2v) is 20.1. The molecule has 5 aliphatic carbocycles. The van der Waals surface area contributed by atoms with Gasteiger partial charge in [0.25, 0.3) is 0 Å². The Hall–Kier alpha value is -7.42. The van der Waals surface area contributed by atoms with Crippen LogP contribution in [-0.2, 0) is 10.8 Å². The standard InChI is InChI=1S/C65H52N2/c1-64(2)57-25-13-9-21-49(57)52-34-31-46(39-60(52)64)66(44-17-5-3-6-18-44)47-32-35-53-50-22-10-14-26-58(50)65(61(53)40-47)59-27-15-11-23-51(59)54-36-33-48(41-62(54)65)67(45-19-7-4-8-20-45)63-28-16-12-24-55(63)56-38-42-29-30-43(56)37-42/h3-28,31-36,39-43,56H,29-30,37-38H2,1-2H3/i12D,16D,24D,28D. The van der Waals surface area contributed by atoms with E-state index in [1.165, 1.54) is 62.1 Å². The van der Waals surface area contributed by atoms with Crippen molar-refractivity contribution in [3.63, 3.8) is 0 Å². The highest BCUT2D eigenvalue weighted by Gasteiger charge is 2.52. The molecule has 9 aromatic rings. The second-order valence-electron chi connectivity index (χ2n) is 20.1. The summed E-state index contributed by atoms with van der Waals surface area (Å²) in [5.41, 5.74) is 20.3. The van der Waals surface area contributed by atoms with Crippen molar-refractivity contribution >= 4 is 34.1 Å². The Labute approximate surface area is 400 Å². The zero-order valence-corrected chi connectivity index (χ0v) is 37.9. The van der Waals surface area contributed by atoms with Crippen LogP contribution in [0.4, 0.5) is 34.1 Å². The molecule has 2 fully saturated rings. The fourth-order valence-electron chi connectivity index (χ4n) is 13.6. The highest BCUT2D eigenvalue weighted by molar-refractivity contribution is 5.98. The molecule has 2 nitrogen and oxygen atoms in total. The minimum Gasteiger partial charge on any atom is -0.310 e. The van der Waals surface area contributed by atoms with Crippen molar-refractivity contribution in [1.29, 1.82) is 0 Å². The maximum Gasteiger partial charge on any atom is 0.0727 e. The highest BCUT2D eigenvalue weighted by atomic mass is 15.2. The molecule has 2 heteroatoms. The van der Waals surface area contributed by atoms with E-state index in [4.69, 9.17) is 2.74 Å². The summed E-state index contributed by atoms with van der Waals surface area (Å²) in [6, 6.07) is 68.3. The molecular weight excluding hydrogens is 809 g/mol. The van der Waals surface area contributed by atoms with E-state index in [9.17, 15) is 2.74 Å². The van der Waals surface area contributed by atoms with Crippen LogP contribution in [0.15, 0.2) is 212 Å². The average Bonchev–Trinajstić information content (AvgIpc) is 4.22. The van der Waals surface area contributed by atoms with Crippen molar-refractivity contribution in [1.82, 2.24) is 0 Å². The van der Waals surface area contributed by atoms with Crippen LogP contribution in [0.2, 0.25) is 0 Å². The number of anilines is 6. The van der Waals surface area contributed by atoms with Gasteiger partial charge in [0.2, 0.25) is 0 Å². The third kappa shape index (κ3) is 5.50. The van der Waals surface area contributed by atoms with Crippen LogP contribution < -0.4 is 9.80 Å². The van der Waals surface area contributed by atoms with Gasteiger partial charge in [-0.3, -0.25) is 0 Å². The molecule has 0 radical (unpaired) electrons. The Kier molecular flexibility index (Phi) is 7.57. The van der Waals surface area contributed by atoms with Crippen LogP contribution in [0.3, 0.4) is 0 Å². The van der Waals surface area contributed by atoms with Crippen molar-refractivity contribution in [3.05, 3.63) is 251 Å². The normalized spacial score (nSPS) is 21.3. The van der Waals surface area contributed by atoms with E-state index in [0.29, 0.717) is 17.5 Å². The zero-order valence-electron chi connectivity index (χ0n) is 41.9. The van der Waals surface area contributed by atoms with E-state index in [-0.39, 0.29) is 35.5 Å². The number of hydrogen-bond acceptors (Lipinski definition) is 2. The predicted octanol–water partition coefficient (Wildman–Crippen LogP) is 17.2. The van der Waals surface area contributed by atoms with Crippen LogP contribution >= 0.6 is 0 Å². The largest absolute Gasteiger partial charge is 0.310 e. The second kappa shape index (κ2) is 14.5. The summed E-state index contributed by atoms with van der Waals surface area (Å²) in [6.07, 6.45) is 4.38. The van der Waals surface area contributed by atoms with Gasteiger partial charge in [0.1, 0.15) is 0 Å². The maximum absolute atomic E-state index is 9.78. The Morgan fingerprint density at radius 3 is 1.45 bits per heavy atom. The minimum absolute atomic E-state index is 0.00662. The molecule has 67 heavy (non-hydrogen) atoms. The van der Waals surface area contributed by atoms with Crippen LogP contribution in [0.1, 0.15) is 89.9 Å². The smallest absolute Gasteiger partial charge is 0.0727 e. The molecule has 0 N–H and O–H groups in total. The molecule has 2 saturated carbocycles. The molecule has 5 aliphatic rings. The molecule has 0 heterocycles. The first-order valence-corrected chi connectivity index (χ1v) is 24.2. The lowest BCUT2D eigenvalue weighted by Gasteiger charge is -2.34. The first kappa shape index (κ1) is 34.9. The number of nitrogens with zero attached hydrogens (tertiary/aromatic N) is 2. The van der Waals surface area contributed by atoms with Crippen LogP contribution in [0.25, 0.3) is 33.4 Å². The summed E-state index contributed by atoms with van der Waals surface area (Å²) in [5, 5.41) is 0. The number of fused-ring (bicyclic) bond motifs is 15. The molecular formula is C65H52N2. The lowest BCUT2D eigenvalue weighted by atomic mass is 9.70. The average molecular weight is 865 g/mol. The summed E-state index contributed by atoms with van der Waals surface area (Å²) < 4.78 is 37.5. The predicted molar refractivity (Wildman–Crippen MR) is 278 cm³/mol. The van der Waals surface area contributed by atoms with Gasteiger partial charge in [-0.15, -0.1) is 0 Å². The van der Waals surface area contributed by atoms with Gasteiger partial charge in [-0.05, 0) is 176 Å². The molecule has 0 aromatic heterocycles. The van der Waals surface area contributed by atoms with Gasteiger partial charge in [-0.1, -0.05) is 166 Å². The third-order valence-corrected chi connectivity index (χ3v) is 16.5. The van der Waals surface area contributed by atoms with E-state index < -0.39 is 5.41 Å². The molecule has 0 saturated heterocycles. The lowest BCUT2D eigenvalue weighted by molar-refractivity contribution is 0.420. The Morgan fingerprint density at radius 1 is 0.418 bits per heavy atom. The minimum atomic E-state index is -0.709. The lowest BCUT2D eigenvalue weighted by Crippen LogP contribution is -2.26. The zero-order chi connectivity index (χ0) is 47.9. The molecule has 9 aromatic carbocycles. The Balaban J connectivity index is 1.01. The first-order chi connectivity index (χ1) is 34.6. The van der Waals surface area contributed by atoms with E-state index in [0.717, 1.165) is 64.4 Å². The van der Waals surface area contributed by atoms with Gasteiger partial charge in [0.15, 0.2) is 0 Å². The molecule has 14 rings (SSSR count). The van der Waals surface area contributed by atoms with Crippen LogP contribution in [-0.4, -0.2) is 0 Å². The molecule has 0 amide bonds. The van der Waals surface area contributed by atoms with E-state index >= 15 is 0 Å². The van der Waals surface area contributed by atoms with E-state index in [1.807, 2.05) is 18.2 Å². The molecule has 2 bridgehead atoms. The number of benzene rings is 9. The molecule has 322 valence electrons. The van der Waals surface area contributed by atoms with Gasteiger partial charge >= 0.3 is 0 Å². The Morgan fingerprint density at radius 2 is 0.881 bits per heavy atom. The van der Waals surface area contributed by atoms with Gasteiger partial charge in [-0.25, -0.2) is 0 Å². The summed E-state index contributed by atoms with van der Waals surface area (Å²) >= 11 is 0. The summed E-state index contributed by atoms with van der Waals surface area (Å²) in [4.78, 5) is 4.57. The van der Waals surface area contributed by atoms with Crippen molar-refractivity contribution in [2.24, 2.45) is 11.8 Å². The molecule has 4 unspecified atom stereocenters. The quantitative estimate of drug-likeness (QED) is 0.157. The van der Waals surface area contributed by atoms with Gasteiger partial charge in [0.05, 0.1) is 10.9 Å². The van der Waals surface area contributed by atoms with Crippen molar-refractivity contribution in [3.8, 4) is 33.4 Å². The van der Waals surface area contributed by atoms with E-state index in [2.05, 4.69) is 194 Å². The summed E-state index contributed by atoms with van der Waals surface area (Å²) in [7, 11) is 0. The van der Waals surface area contributed by atoms with Gasteiger partial charge in [0, 0.05) is 39.5 Å². The van der Waals surface area contributed by atoms with Crippen LogP contribution in [0.5, 0.6) is 0 Å². The molecule has 4 atom stereocenters. The number of para-hydroxylation sites is 3. The number of hydrogen-bond donors (Lipinski definition) is 0.